The van der Waals surface area contributed by atoms with Gasteiger partial charge in [0.2, 0.25) is 0 Å². The molecule has 2 atom stereocenters. The zero-order chi connectivity index (χ0) is 19.1. The Morgan fingerprint density at radius 2 is 1.33 bits per heavy atom. The molecule has 0 N–H and O–H groups in total. The number of cyclic esters (lactones) is 1. The lowest BCUT2D eigenvalue weighted by atomic mass is 9.66. The van der Waals surface area contributed by atoms with Crippen LogP contribution in [0.3, 0.4) is 0 Å². The molecule has 2 saturated carbocycles. The third-order valence-corrected chi connectivity index (χ3v) is 8.16. The van der Waals surface area contributed by atoms with Crippen molar-refractivity contribution in [3.63, 3.8) is 0 Å². The highest BCUT2D eigenvalue weighted by molar-refractivity contribution is 5.73. The first kappa shape index (κ1) is 21.2. The van der Waals surface area contributed by atoms with Crippen LogP contribution in [0.5, 0.6) is 0 Å². The summed E-state index contributed by atoms with van der Waals surface area (Å²) in [5.41, 5.74) is 0. The molecule has 2 aliphatic carbocycles. The van der Waals surface area contributed by atoms with Crippen molar-refractivity contribution in [1.29, 1.82) is 0 Å². The molecule has 27 heavy (non-hydrogen) atoms. The van der Waals surface area contributed by atoms with Crippen LogP contribution in [0.1, 0.15) is 117 Å². The molecule has 1 heterocycles. The molecule has 0 spiro atoms. The predicted octanol–water partition coefficient (Wildman–Crippen LogP) is 7.30. The van der Waals surface area contributed by atoms with E-state index in [1.54, 1.807) is 0 Å². The third kappa shape index (κ3) is 5.97. The highest BCUT2D eigenvalue weighted by atomic mass is 16.5. The Balaban J connectivity index is 1.36. The molecule has 0 aromatic rings. The van der Waals surface area contributed by atoms with Crippen molar-refractivity contribution in [1.82, 2.24) is 0 Å². The van der Waals surface area contributed by atoms with Crippen LogP contribution in [-0.2, 0) is 9.53 Å². The van der Waals surface area contributed by atoms with E-state index < -0.39 is 0 Å². The molecule has 3 fully saturated rings. The molecular formula is C25H44O2. The van der Waals surface area contributed by atoms with Gasteiger partial charge < -0.3 is 4.74 Å². The Morgan fingerprint density at radius 3 is 1.93 bits per heavy atom. The van der Waals surface area contributed by atoms with Gasteiger partial charge in [-0.05, 0) is 81.5 Å². The monoisotopic (exact) mass is 376 g/mol. The van der Waals surface area contributed by atoms with Gasteiger partial charge in [0, 0.05) is 0 Å². The second-order valence-electron chi connectivity index (χ2n) is 9.98. The largest absolute Gasteiger partial charge is 0.462 e. The Kier molecular flexibility index (Phi) is 8.52. The standard InChI is InChI=1S/C25H44O2/c1-3-5-6-8-19-9-11-20(12-10-19)21-13-15-22(16-14-21)24-18-17-23(7-4-2)27-25(24)26/h19-24H,3-18H2,1-2H3. The fourth-order valence-corrected chi connectivity index (χ4v) is 6.40. The number of carbonyl (C=O) groups excluding carboxylic acids is 1. The molecule has 2 unspecified atom stereocenters. The van der Waals surface area contributed by atoms with E-state index in [1.807, 2.05) is 0 Å². The maximum atomic E-state index is 12.5. The van der Waals surface area contributed by atoms with Crippen LogP contribution in [0.2, 0.25) is 0 Å². The average Bonchev–Trinajstić information content (AvgIpc) is 2.69. The SMILES string of the molecule is CCCCCC1CCC(C2CCC(C3CCC(CCC)OC3=O)CC2)CC1. The van der Waals surface area contributed by atoms with Gasteiger partial charge in [-0.1, -0.05) is 58.8 Å². The minimum absolute atomic E-state index is 0.135. The van der Waals surface area contributed by atoms with Gasteiger partial charge in [0.1, 0.15) is 6.10 Å². The maximum Gasteiger partial charge on any atom is 0.309 e. The number of rotatable bonds is 8. The predicted molar refractivity (Wildman–Crippen MR) is 113 cm³/mol. The normalized spacial score (nSPS) is 37.8. The summed E-state index contributed by atoms with van der Waals surface area (Å²) in [6.45, 7) is 4.49. The van der Waals surface area contributed by atoms with E-state index in [9.17, 15) is 4.79 Å². The number of hydrogen-bond donors (Lipinski definition) is 0. The summed E-state index contributed by atoms with van der Waals surface area (Å²) in [5, 5.41) is 0. The van der Waals surface area contributed by atoms with Gasteiger partial charge >= 0.3 is 5.97 Å². The molecule has 0 aromatic heterocycles. The van der Waals surface area contributed by atoms with E-state index in [0.29, 0.717) is 5.92 Å². The van der Waals surface area contributed by atoms with Crippen molar-refractivity contribution in [3.8, 4) is 0 Å². The van der Waals surface area contributed by atoms with Crippen LogP contribution in [0.25, 0.3) is 0 Å². The maximum absolute atomic E-state index is 12.5. The number of unbranched alkanes of at least 4 members (excludes halogenated alkanes) is 2. The number of carbonyl (C=O) groups is 1. The summed E-state index contributed by atoms with van der Waals surface area (Å²) in [7, 11) is 0. The molecule has 0 aromatic carbocycles. The van der Waals surface area contributed by atoms with Crippen LogP contribution in [0.15, 0.2) is 0 Å². The molecule has 156 valence electrons. The lowest BCUT2D eigenvalue weighted by Gasteiger charge is -2.40. The highest BCUT2D eigenvalue weighted by Crippen LogP contribution is 2.45. The Bertz CT molecular complexity index is 430. The summed E-state index contributed by atoms with van der Waals surface area (Å²) >= 11 is 0. The van der Waals surface area contributed by atoms with Crippen molar-refractivity contribution in [2.75, 3.05) is 0 Å². The minimum atomic E-state index is 0.135. The Hall–Kier alpha value is -0.530. The highest BCUT2D eigenvalue weighted by Gasteiger charge is 2.38. The first-order chi connectivity index (χ1) is 13.2. The van der Waals surface area contributed by atoms with Crippen molar-refractivity contribution in [2.24, 2.45) is 29.6 Å². The fourth-order valence-electron chi connectivity index (χ4n) is 6.40. The van der Waals surface area contributed by atoms with Gasteiger partial charge in [0.25, 0.3) is 0 Å². The first-order valence-electron chi connectivity index (χ1n) is 12.4. The molecule has 3 aliphatic rings. The van der Waals surface area contributed by atoms with Gasteiger partial charge in [-0.25, -0.2) is 0 Å². The van der Waals surface area contributed by atoms with Gasteiger partial charge in [-0.3, -0.25) is 4.79 Å². The summed E-state index contributed by atoms with van der Waals surface area (Å²) < 4.78 is 5.75. The van der Waals surface area contributed by atoms with Gasteiger partial charge in [-0.15, -0.1) is 0 Å². The molecule has 0 amide bonds. The quantitative estimate of drug-likeness (QED) is 0.328. The van der Waals surface area contributed by atoms with Crippen molar-refractivity contribution < 1.29 is 9.53 Å². The second-order valence-corrected chi connectivity index (χ2v) is 9.98. The molecular weight excluding hydrogens is 332 g/mol. The number of ether oxygens (including phenoxy) is 1. The Morgan fingerprint density at radius 1 is 0.704 bits per heavy atom. The van der Waals surface area contributed by atoms with Crippen LogP contribution < -0.4 is 0 Å². The van der Waals surface area contributed by atoms with Gasteiger partial charge in [0.05, 0.1) is 5.92 Å². The van der Waals surface area contributed by atoms with Crippen LogP contribution in [-0.4, -0.2) is 12.1 Å². The fraction of sp³-hybridized carbons (Fsp3) is 0.960. The van der Waals surface area contributed by atoms with Crippen molar-refractivity contribution in [2.45, 2.75) is 123 Å². The van der Waals surface area contributed by atoms with E-state index in [2.05, 4.69) is 13.8 Å². The zero-order valence-corrected chi connectivity index (χ0v) is 18.1. The Labute approximate surface area is 168 Å². The number of hydrogen-bond acceptors (Lipinski definition) is 2. The van der Waals surface area contributed by atoms with E-state index >= 15 is 0 Å². The number of esters is 1. The topological polar surface area (TPSA) is 26.3 Å². The van der Waals surface area contributed by atoms with E-state index in [0.717, 1.165) is 43.4 Å². The summed E-state index contributed by atoms with van der Waals surface area (Å²) in [6.07, 6.45) is 21.5. The van der Waals surface area contributed by atoms with E-state index in [4.69, 9.17) is 4.74 Å². The third-order valence-electron chi connectivity index (χ3n) is 8.16. The first-order valence-corrected chi connectivity index (χ1v) is 12.4. The van der Waals surface area contributed by atoms with Gasteiger partial charge in [0.15, 0.2) is 0 Å². The van der Waals surface area contributed by atoms with Crippen LogP contribution in [0, 0.1) is 29.6 Å². The van der Waals surface area contributed by atoms with Crippen LogP contribution in [0.4, 0.5) is 0 Å². The van der Waals surface area contributed by atoms with E-state index in [-0.39, 0.29) is 18.0 Å². The molecule has 1 aliphatic heterocycles. The molecule has 1 saturated heterocycles. The lowest BCUT2D eigenvalue weighted by molar-refractivity contribution is -0.164. The van der Waals surface area contributed by atoms with Crippen molar-refractivity contribution >= 4 is 5.97 Å². The molecule has 0 bridgehead atoms. The smallest absolute Gasteiger partial charge is 0.309 e. The van der Waals surface area contributed by atoms with E-state index in [1.165, 1.54) is 77.0 Å². The summed E-state index contributed by atoms with van der Waals surface area (Å²) in [4.78, 5) is 12.5. The van der Waals surface area contributed by atoms with Crippen LogP contribution >= 0.6 is 0 Å². The summed E-state index contributed by atoms with van der Waals surface area (Å²) in [6, 6.07) is 0. The zero-order valence-electron chi connectivity index (χ0n) is 18.1. The molecule has 2 heteroatoms. The minimum Gasteiger partial charge on any atom is -0.462 e. The van der Waals surface area contributed by atoms with Crippen molar-refractivity contribution in [3.05, 3.63) is 0 Å². The second kappa shape index (κ2) is 10.9. The molecule has 0 radical (unpaired) electrons. The van der Waals surface area contributed by atoms with Gasteiger partial charge in [-0.2, -0.15) is 0 Å². The summed E-state index contributed by atoms with van der Waals surface area (Å²) in [5.74, 6) is 3.92. The lowest BCUT2D eigenvalue weighted by Crippen LogP contribution is -2.37. The molecule has 3 rings (SSSR count). The molecule has 2 nitrogen and oxygen atoms in total. The average molecular weight is 377 g/mol.